The number of methoxy groups -OCH3 is 1. The Morgan fingerprint density at radius 1 is 1.09 bits per heavy atom. The van der Waals surface area contributed by atoms with Gasteiger partial charge in [0.1, 0.15) is 5.75 Å². The normalized spacial score (nSPS) is 11.4. The van der Waals surface area contributed by atoms with Crippen LogP contribution in [0.3, 0.4) is 0 Å². The number of non-ortho nitro benzene ring substituents is 1. The van der Waals surface area contributed by atoms with Crippen molar-refractivity contribution in [2.45, 2.75) is 11.8 Å². The van der Waals surface area contributed by atoms with E-state index in [-0.39, 0.29) is 21.3 Å². The molecular weight excluding hydrogens is 468 g/mol. The number of ether oxygens (including phenoxy) is 1. The molecule has 0 radical (unpaired) electrons. The lowest BCUT2D eigenvalue weighted by molar-refractivity contribution is -0.384. The Bertz CT molecular complexity index is 1340. The lowest BCUT2D eigenvalue weighted by Gasteiger charge is -2.22. The third-order valence-electron chi connectivity index (χ3n) is 4.63. The van der Waals surface area contributed by atoms with Crippen LogP contribution in [0.15, 0.2) is 77.7 Å². The average Bonchev–Trinajstić information content (AvgIpc) is 2.78. The van der Waals surface area contributed by atoms with Crippen molar-refractivity contribution in [3.05, 3.63) is 99.1 Å². The fourth-order valence-corrected chi connectivity index (χ4v) is 4.59. The molecule has 0 saturated carbocycles. The van der Waals surface area contributed by atoms with Crippen molar-refractivity contribution in [1.82, 2.24) is 0 Å². The molecule has 1 amide bonds. The highest BCUT2D eigenvalue weighted by Gasteiger charge is 2.30. The Balaban J connectivity index is 2.07. The molecule has 0 aliphatic carbocycles. The van der Waals surface area contributed by atoms with Crippen LogP contribution in [0.2, 0.25) is 5.02 Å². The van der Waals surface area contributed by atoms with E-state index in [1.165, 1.54) is 61.7 Å². The number of carbonyl (C=O) groups excluding carboxylic acids is 1. The second-order valence-electron chi connectivity index (χ2n) is 6.93. The highest BCUT2D eigenvalue weighted by atomic mass is 35.5. The summed E-state index contributed by atoms with van der Waals surface area (Å²) in [7, 11) is -2.90. The van der Waals surface area contributed by atoms with Crippen molar-refractivity contribution < 1.29 is 22.9 Å². The van der Waals surface area contributed by atoms with Gasteiger partial charge in [-0.2, -0.15) is 4.31 Å². The number of carbonyl (C=O) groups is 1. The zero-order valence-electron chi connectivity index (χ0n) is 17.6. The molecule has 0 unspecified atom stereocenters. The molecule has 10 heteroatoms. The van der Waals surface area contributed by atoms with E-state index in [4.69, 9.17) is 16.3 Å². The Morgan fingerprint density at radius 2 is 1.79 bits per heavy atom. The van der Waals surface area contributed by atoms with Gasteiger partial charge in [0.15, 0.2) is 0 Å². The summed E-state index contributed by atoms with van der Waals surface area (Å²) in [5, 5.41) is 11.1. The highest BCUT2D eigenvalue weighted by Crippen LogP contribution is 2.32. The monoisotopic (exact) mass is 486 g/mol. The Morgan fingerprint density at radius 3 is 2.39 bits per heavy atom. The molecule has 0 spiro atoms. The van der Waals surface area contributed by atoms with Crippen LogP contribution in [0.5, 0.6) is 5.75 Å². The number of nitro benzene ring substituents is 1. The summed E-state index contributed by atoms with van der Waals surface area (Å²) < 4.78 is 32.6. The van der Waals surface area contributed by atoms with Crippen LogP contribution in [0.4, 0.5) is 11.4 Å². The van der Waals surface area contributed by atoms with Gasteiger partial charge in [-0.05, 0) is 48.9 Å². The van der Waals surface area contributed by atoms with Gasteiger partial charge in [-0.25, -0.2) is 8.42 Å². The number of rotatable bonds is 7. The van der Waals surface area contributed by atoms with Crippen LogP contribution in [0.1, 0.15) is 11.1 Å². The first-order chi connectivity index (χ1) is 15.6. The predicted octanol–water partition coefficient (Wildman–Crippen LogP) is 5.00. The lowest BCUT2D eigenvalue weighted by atomic mass is 10.2. The van der Waals surface area contributed by atoms with E-state index >= 15 is 0 Å². The molecule has 0 saturated heterocycles. The number of halogens is 1. The summed E-state index contributed by atoms with van der Waals surface area (Å²) in [6.45, 7) is 1.81. The maximum atomic E-state index is 13.4. The van der Waals surface area contributed by atoms with E-state index in [0.717, 1.165) is 11.6 Å². The molecule has 0 aromatic heterocycles. The highest BCUT2D eigenvalue weighted by molar-refractivity contribution is 7.93. The van der Waals surface area contributed by atoms with Crippen molar-refractivity contribution in [1.29, 1.82) is 0 Å². The summed E-state index contributed by atoms with van der Waals surface area (Å²) >= 11 is 6.18. The maximum Gasteiger partial charge on any atom is 0.271 e. The zero-order chi connectivity index (χ0) is 24.2. The topological polar surface area (TPSA) is 107 Å². The number of benzene rings is 3. The molecule has 0 fully saturated rings. The van der Waals surface area contributed by atoms with Crippen LogP contribution >= 0.6 is 11.6 Å². The minimum absolute atomic E-state index is 0.00932. The van der Waals surface area contributed by atoms with Gasteiger partial charge < -0.3 is 4.74 Å². The number of nitrogens with zero attached hydrogens (tertiary/aromatic N) is 2. The molecule has 0 aliphatic heterocycles. The SMILES string of the molecule is COc1ccc(N(C(=O)/C=C/c2cccc([N+](=O)[O-])c2)S(=O)(=O)c2ccc(C)cc2)cc1Cl. The molecular formula is C23H19ClN2O6S. The number of hydrogen-bond acceptors (Lipinski definition) is 6. The number of aryl methyl sites for hydroxylation is 1. The van der Waals surface area contributed by atoms with Crippen molar-refractivity contribution in [3.63, 3.8) is 0 Å². The molecule has 0 bridgehead atoms. The van der Waals surface area contributed by atoms with Crippen molar-refractivity contribution >= 4 is 45.0 Å². The second kappa shape index (κ2) is 9.85. The first-order valence-electron chi connectivity index (χ1n) is 9.55. The summed E-state index contributed by atoms with van der Waals surface area (Å²) in [6, 6.07) is 15.8. The largest absolute Gasteiger partial charge is 0.495 e. The molecule has 3 aromatic rings. The Kier molecular flexibility index (Phi) is 7.15. The molecule has 170 valence electrons. The van der Waals surface area contributed by atoms with Crippen LogP contribution in [0.25, 0.3) is 6.08 Å². The van der Waals surface area contributed by atoms with Crippen molar-refractivity contribution in [2.24, 2.45) is 0 Å². The molecule has 8 nitrogen and oxygen atoms in total. The first kappa shape index (κ1) is 24.0. The van der Waals surface area contributed by atoms with Gasteiger partial charge in [-0.15, -0.1) is 0 Å². The summed E-state index contributed by atoms with van der Waals surface area (Å²) in [6.07, 6.45) is 2.33. The summed E-state index contributed by atoms with van der Waals surface area (Å²) in [5.74, 6) is -0.573. The third kappa shape index (κ3) is 5.39. The van der Waals surface area contributed by atoms with Gasteiger partial charge in [0, 0.05) is 18.2 Å². The molecule has 0 aliphatic rings. The number of hydrogen-bond donors (Lipinski definition) is 0. The Labute approximate surface area is 195 Å². The van der Waals surface area contributed by atoms with Crippen molar-refractivity contribution in [2.75, 3.05) is 11.4 Å². The average molecular weight is 487 g/mol. The van der Waals surface area contributed by atoms with E-state index in [9.17, 15) is 23.3 Å². The van der Waals surface area contributed by atoms with E-state index in [0.29, 0.717) is 15.6 Å². The zero-order valence-corrected chi connectivity index (χ0v) is 19.2. The summed E-state index contributed by atoms with van der Waals surface area (Å²) in [4.78, 5) is 23.5. The standard InChI is InChI=1S/C23H19ClN2O6S/c1-16-6-10-20(11-7-16)33(30,31)25(18-9-12-22(32-2)21(24)15-18)23(27)13-8-17-4-3-5-19(14-17)26(28)29/h3-15H,1-2H3/b13-8+. The molecule has 0 N–H and O–H groups in total. The van der Waals surface area contributed by atoms with E-state index in [1.807, 2.05) is 6.92 Å². The first-order valence-corrected chi connectivity index (χ1v) is 11.4. The third-order valence-corrected chi connectivity index (χ3v) is 6.66. The Hall–Kier alpha value is -3.69. The van der Waals surface area contributed by atoms with Crippen LogP contribution in [0, 0.1) is 17.0 Å². The van der Waals surface area contributed by atoms with Gasteiger partial charge in [0.05, 0.1) is 27.6 Å². The molecule has 3 aromatic carbocycles. The van der Waals surface area contributed by atoms with E-state index < -0.39 is 20.9 Å². The number of sulfonamides is 1. The van der Waals surface area contributed by atoms with Gasteiger partial charge in [-0.3, -0.25) is 14.9 Å². The van der Waals surface area contributed by atoms with Crippen LogP contribution in [-0.4, -0.2) is 26.4 Å². The van der Waals surface area contributed by atoms with E-state index in [1.54, 1.807) is 18.2 Å². The van der Waals surface area contributed by atoms with Crippen molar-refractivity contribution in [3.8, 4) is 5.75 Å². The smallest absolute Gasteiger partial charge is 0.271 e. The second-order valence-corrected chi connectivity index (χ2v) is 9.12. The van der Waals surface area contributed by atoms with Gasteiger partial charge in [0.25, 0.3) is 21.6 Å². The number of amides is 1. The molecule has 0 heterocycles. The molecule has 3 rings (SSSR count). The minimum Gasteiger partial charge on any atom is -0.495 e. The number of anilines is 1. The molecule has 33 heavy (non-hydrogen) atoms. The fourth-order valence-electron chi connectivity index (χ4n) is 2.96. The summed E-state index contributed by atoms with van der Waals surface area (Å²) in [5.41, 5.74) is 1.06. The molecule has 0 atom stereocenters. The predicted molar refractivity (Wildman–Crippen MR) is 126 cm³/mol. The van der Waals surface area contributed by atoms with Gasteiger partial charge >= 0.3 is 0 Å². The van der Waals surface area contributed by atoms with Crippen LogP contribution in [-0.2, 0) is 14.8 Å². The van der Waals surface area contributed by atoms with Gasteiger partial charge in [-0.1, -0.05) is 41.4 Å². The van der Waals surface area contributed by atoms with E-state index in [2.05, 4.69) is 0 Å². The van der Waals surface area contributed by atoms with Crippen LogP contribution < -0.4 is 9.04 Å². The van der Waals surface area contributed by atoms with Gasteiger partial charge in [0.2, 0.25) is 0 Å². The maximum absolute atomic E-state index is 13.4. The quantitative estimate of drug-likeness (QED) is 0.264. The fraction of sp³-hybridized carbons (Fsp3) is 0.0870. The number of nitro groups is 1. The lowest BCUT2D eigenvalue weighted by Crippen LogP contribution is -2.35. The minimum atomic E-state index is -4.31.